The van der Waals surface area contributed by atoms with Gasteiger partial charge in [-0.25, -0.2) is 4.79 Å². The average molecular weight is 351 g/mol. The van der Waals surface area contributed by atoms with Crippen molar-refractivity contribution in [3.8, 4) is 0 Å². The van der Waals surface area contributed by atoms with E-state index < -0.39 is 12.1 Å². The molecule has 2 aromatic rings. The van der Waals surface area contributed by atoms with E-state index in [0.29, 0.717) is 0 Å². The van der Waals surface area contributed by atoms with Crippen LogP contribution in [-0.2, 0) is 14.3 Å². The van der Waals surface area contributed by atoms with Crippen molar-refractivity contribution in [2.75, 3.05) is 5.32 Å². The predicted molar refractivity (Wildman–Crippen MR) is 105 cm³/mol. The molecule has 0 aliphatic heterocycles. The minimum Gasteiger partial charge on any atom is -0.449 e. The number of hydrogen-bond acceptors (Lipinski definition) is 3. The number of ether oxygens (including phenoxy) is 1. The minimum absolute atomic E-state index is 0.275. The zero-order chi connectivity index (χ0) is 19.1. The van der Waals surface area contributed by atoms with Crippen LogP contribution in [0.2, 0.25) is 0 Å². The van der Waals surface area contributed by atoms with E-state index in [1.54, 1.807) is 13.0 Å². The maximum atomic E-state index is 12.4. The summed E-state index contributed by atoms with van der Waals surface area (Å²) in [6, 6.07) is 15.3. The average Bonchev–Trinajstić information content (AvgIpc) is 2.62. The van der Waals surface area contributed by atoms with E-state index in [4.69, 9.17) is 4.74 Å². The van der Waals surface area contributed by atoms with Crippen molar-refractivity contribution in [3.63, 3.8) is 0 Å². The standard InChI is InChI=1S/C22H25NO3/c1-15(2)19-12-8-9-16(3)21(19)23-22(25)17(4)26-20(24)14-13-18-10-6-5-7-11-18/h5-15,17H,1-4H3,(H,23,25)/b14-13+/t17-/m0/s1. The van der Waals surface area contributed by atoms with E-state index in [2.05, 4.69) is 19.2 Å². The summed E-state index contributed by atoms with van der Waals surface area (Å²) in [6.07, 6.45) is 2.10. The van der Waals surface area contributed by atoms with Crippen molar-refractivity contribution in [1.29, 1.82) is 0 Å². The van der Waals surface area contributed by atoms with Crippen LogP contribution < -0.4 is 5.32 Å². The second-order valence-corrected chi connectivity index (χ2v) is 6.51. The van der Waals surface area contributed by atoms with Gasteiger partial charge in [-0.2, -0.15) is 0 Å². The first kappa shape index (κ1) is 19.4. The molecule has 0 saturated carbocycles. The lowest BCUT2D eigenvalue weighted by Crippen LogP contribution is -2.30. The summed E-state index contributed by atoms with van der Waals surface area (Å²) in [5.74, 6) is -0.620. The summed E-state index contributed by atoms with van der Waals surface area (Å²) in [5.41, 5.74) is 3.71. The predicted octanol–water partition coefficient (Wildman–Crippen LogP) is 4.70. The minimum atomic E-state index is -0.887. The maximum absolute atomic E-state index is 12.4. The number of benzene rings is 2. The van der Waals surface area contributed by atoms with Gasteiger partial charge in [0.2, 0.25) is 0 Å². The fourth-order valence-corrected chi connectivity index (χ4v) is 2.56. The third kappa shape index (κ3) is 5.31. The van der Waals surface area contributed by atoms with E-state index in [0.717, 1.165) is 22.4 Å². The summed E-state index contributed by atoms with van der Waals surface area (Å²) in [6.45, 7) is 7.65. The number of carbonyl (C=O) groups excluding carboxylic acids is 2. The Labute approximate surface area is 154 Å². The third-order valence-electron chi connectivity index (χ3n) is 4.05. The molecule has 1 N–H and O–H groups in total. The highest BCUT2D eigenvalue weighted by Crippen LogP contribution is 2.27. The number of hydrogen-bond donors (Lipinski definition) is 1. The molecule has 0 radical (unpaired) electrons. The van der Waals surface area contributed by atoms with E-state index in [9.17, 15) is 9.59 Å². The Kier molecular flexibility index (Phi) is 6.73. The topological polar surface area (TPSA) is 55.4 Å². The molecule has 0 aliphatic rings. The van der Waals surface area contributed by atoms with Crippen molar-refractivity contribution >= 4 is 23.6 Å². The van der Waals surface area contributed by atoms with Crippen LogP contribution in [0.15, 0.2) is 54.6 Å². The van der Waals surface area contributed by atoms with Crippen LogP contribution in [0.4, 0.5) is 5.69 Å². The molecule has 0 heterocycles. The molecule has 0 aromatic heterocycles. The fourth-order valence-electron chi connectivity index (χ4n) is 2.56. The molecule has 0 bridgehead atoms. The molecule has 136 valence electrons. The van der Waals surface area contributed by atoms with E-state index >= 15 is 0 Å². The molecule has 2 rings (SSSR count). The van der Waals surface area contributed by atoms with Gasteiger partial charge in [-0.15, -0.1) is 0 Å². The second-order valence-electron chi connectivity index (χ2n) is 6.51. The van der Waals surface area contributed by atoms with Crippen LogP contribution in [0, 0.1) is 6.92 Å². The molecule has 26 heavy (non-hydrogen) atoms. The molecule has 4 nitrogen and oxygen atoms in total. The van der Waals surface area contributed by atoms with Crippen LogP contribution in [-0.4, -0.2) is 18.0 Å². The van der Waals surface area contributed by atoms with Crippen LogP contribution in [0.5, 0.6) is 0 Å². The molecule has 1 amide bonds. The molecular formula is C22H25NO3. The number of para-hydroxylation sites is 1. The maximum Gasteiger partial charge on any atom is 0.331 e. The van der Waals surface area contributed by atoms with Gasteiger partial charge in [0, 0.05) is 11.8 Å². The molecule has 0 fully saturated rings. The largest absolute Gasteiger partial charge is 0.449 e. The number of anilines is 1. The van der Waals surface area contributed by atoms with Gasteiger partial charge in [0.25, 0.3) is 5.91 Å². The molecule has 0 aliphatic carbocycles. The number of amides is 1. The highest BCUT2D eigenvalue weighted by molar-refractivity contribution is 5.97. The van der Waals surface area contributed by atoms with Crippen molar-refractivity contribution < 1.29 is 14.3 Å². The summed E-state index contributed by atoms with van der Waals surface area (Å²) in [7, 11) is 0. The Morgan fingerprint density at radius 3 is 2.35 bits per heavy atom. The molecule has 1 atom stereocenters. The Hall–Kier alpha value is -2.88. The number of aryl methyl sites for hydroxylation is 1. The molecule has 0 unspecified atom stereocenters. The zero-order valence-corrected chi connectivity index (χ0v) is 15.7. The fraction of sp³-hybridized carbons (Fsp3) is 0.273. The zero-order valence-electron chi connectivity index (χ0n) is 15.7. The Bertz CT molecular complexity index is 794. The lowest BCUT2D eigenvalue weighted by molar-refractivity contribution is -0.148. The first-order chi connectivity index (χ1) is 12.4. The molecule has 2 aromatic carbocycles. The smallest absolute Gasteiger partial charge is 0.331 e. The van der Waals surface area contributed by atoms with Gasteiger partial charge < -0.3 is 10.1 Å². The summed E-state index contributed by atoms with van der Waals surface area (Å²) >= 11 is 0. The van der Waals surface area contributed by atoms with Gasteiger partial charge in [0.15, 0.2) is 6.10 Å². The highest BCUT2D eigenvalue weighted by atomic mass is 16.5. The van der Waals surface area contributed by atoms with E-state index in [-0.39, 0.29) is 11.8 Å². The summed E-state index contributed by atoms with van der Waals surface area (Å²) in [5, 5.41) is 2.90. The molecular weight excluding hydrogens is 326 g/mol. The quantitative estimate of drug-likeness (QED) is 0.606. The van der Waals surface area contributed by atoms with Crippen molar-refractivity contribution in [2.24, 2.45) is 0 Å². The second kappa shape index (κ2) is 8.99. The number of nitrogens with one attached hydrogen (secondary N) is 1. The summed E-state index contributed by atoms with van der Waals surface area (Å²) < 4.78 is 5.21. The molecule has 0 spiro atoms. The normalized spacial score (nSPS) is 12.2. The van der Waals surface area contributed by atoms with Crippen LogP contribution in [0.3, 0.4) is 0 Å². The Morgan fingerprint density at radius 2 is 1.69 bits per heavy atom. The monoisotopic (exact) mass is 351 g/mol. The van der Waals surface area contributed by atoms with Gasteiger partial charge in [-0.3, -0.25) is 4.79 Å². The summed E-state index contributed by atoms with van der Waals surface area (Å²) in [4.78, 5) is 24.4. The van der Waals surface area contributed by atoms with Crippen LogP contribution in [0.25, 0.3) is 6.08 Å². The van der Waals surface area contributed by atoms with Gasteiger partial charge >= 0.3 is 5.97 Å². The van der Waals surface area contributed by atoms with Gasteiger partial charge in [-0.05, 0) is 42.5 Å². The Balaban J connectivity index is 2.00. The third-order valence-corrected chi connectivity index (χ3v) is 4.05. The number of esters is 1. The highest BCUT2D eigenvalue weighted by Gasteiger charge is 2.19. The van der Waals surface area contributed by atoms with Crippen LogP contribution in [0.1, 0.15) is 43.4 Å². The molecule has 4 heteroatoms. The van der Waals surface area contributed by atoms with E-state index in [1.807, 2.05) is 55.5 Å². The van der Waals surface area contributed by atoms with Gasteiger partial charge in [0.1, 0.15) is 0 Å². The SMILES string of the molecule is Cc1cccc(C(C)C)c1NC(=O)[C@H](C)OC(=O)/C=C/c1ccccc1. The lowest BCUT2D eigenvalue weighted by atomic mass is 9.98. The van der Waals surface area contributed by atoms with Crippen LogP contribution >= 0.6 is 0 Å². The van der Waals surface area contributed by atoms with Gasteiger partial charge in [-0.1, -0.05) is 62.4 Å². The van der Waals surface area contributed by atoms with Crippen molar-refractivity contribution in [3.05, 3.63) is 71.3 Å². The number of carbonyl (C=O) groups is 2. The number of rotatable bonds is 6. The van der Waals surface area contributed by atoms with Crippen molar-refractivity contribution in [1.82, 2.24) is 0 Å². The van der Waals surface area contributed by atoms with Crippen molar-refractivity contribution in [2.45, 2.75) is 39.7 Å². The molecule has 0 saturated heterocycles. The first-order valence-corrected chi connectivity index (χ1v) is 8.72. The van der Waals surface area contributed by atoms with E-state index in [1.165, 1.54) is 6.08 Å². The Morgan fingerprint density at radius 1 is 1.00 bits per heavy atom. The lowest BCUT2D eigenvalue weighted by Gasteiger charge is -2.18. The first-order valence-electron chi connectivity index (χ1n) is 8.72. The van der Waals surface area contributed by atoms with Gasteiger partial charge in [0.05, 0.1) is 0 Å².